The van der Waals surface area contributed by atoms with Crippen LogP contribution in [0, 0.1) is 0 Å². The van der Waals surface area contributed by atoms with Crippen molar-refractivity contribution >= 4 is 78.7 Å². The van der Waals surface area contributed by atoms with Gasteiger partial charge in [-0.1, -0.05) is 259 Å². The molecule has 2 nitrogen and oxygen atoms in total. The van der Waals surface area contributed by atoms with Crippen molar-refractivity contribution in [3.05, 3.63) is 310 Å². The Kier molecular flexibility index (Phi) is 13.5. The first kappa shape index (κ1) is 50.8. The maximum absolute atomic E-state index is 2.48. The third kappa shape index (κ3) is 10.3. The number of fused-ring (bicyclic) bond motifs is 6. The summed E-state index contributed by atoms with van der Waals surface area (Å²) in [7, 11) is -1.87. The highest BCUT2D eigenvalue weighted by Crippen LogP contribution is 2.51. The summed E-state index contributed by atoms with van der Waals surface area (Å²) < 4.78 is 0. The minimum absolute atomic E-state index is 0.118. The Balaban J connectivity index is 0.701. The van der Waals surface area contributed by atoms with Crippen LogP contribution in [0.5, 0.6) is 0 Å². The average Bonchev–Trinajstić information content (AvgIpc) is 4.05. The summed E-state index contributed by atoms with van der Waals surface area (Å²) in [6.45, 7) is 14.4. The van der Waals surface area contributed by atoms with Crippen molar-refractivity contribution < 1.29 is 0 Å². The molecule has 0 aromatic heterocycles. The first-order valence-corrected chi connectivity index (χ1v) is 30.9. The molecule has 2 aliphatic rings. The van der Waals surface area contributed by atoms with Gasteiger partial charge in [0.25, 0.3) is 0 Å². The highest BCUT2D eigenvalue weighted by molar-refractivity contribution is 6.87. The summed E-state index contributed by atoms with van der Waals surface area (Å²) in [6.07, 6.45) is 13.7. The second-order valence-electron chi connectivity index (χ2n) is 22.8. The first-order chi connectivity index (χ1) is 38.4. The van der Waals surface area contributed by atoms with Crippen LogP contribution in [0.4, 0.5) is 34.1 Å². The molecule has 2 aliphatic carbocycles. The third-order valence-electron chi connectivity index (χ3n) is 16.2. The fourth-order valence-electron chi connectivity index (χ4n) is 11.7. The molecule has 0 radical (unpaired) electrons. The minimum Gasteiger partial charge on any atom is -0.311 e. The Morgan fingerprint density at radius 3 is 0.772 bits per heavy atom. The maximum atomic E-state index is 2.48. The average molecular weight is 1040 g/mol. The van der Waals surface area contributed by atoms with Crippen LogP contribution in [-0.2, 0) is 10.8 Å². The first-order valence-electron chi connectivity index (χ1n) is 27.7. The van der Waals surface area contributed by atoms with E-state index in [1.54, 1.807) is 0 Å². The molecule has 3 heteroatoms. The molecule has 0 unspecified atom stereocenters. The Bertz CT molecular complexity index is 3600. The minimum atomic E-state index is -1.87. The number of benzene rings is 10. The molecular formula is C76H66N2Si. The van der Waals surface area contributed by atoms with E-state index in [9.17, 15) is 0 Å². The number of hydrogen-bond donors (Lipinski definition) is 0. The van der Waals surface area contributed by atoms with E-state index in [4.69, 9.17) is 0 Å². The van der Waals surface area contributed by atoms with E-state index in [0.717, 1.165) is 34.1 Å². The van der Waals surface area contributed by atoms with Crippen LogP contribution in [0.2, 0.25) is 13.1 Å². The predicted octanol–water partition coefficient (Wildman–Crippen LogP) is 21.1. The zero-order chi connectivity index (χ0) is 54.1. The molecule has 384 valence electrons. The van der Waals surface area contributed by atoms with Gasteiger partial charge in [0.1, 0.15) is 0 Å². The topological polar surface area (TPSA) is 6.48 Å². The van der Waals surface area contributed by atoms with E-state index in [2.05, 4.69) is 341 Å². The van der Waals surface area contributed by atoms with Gasteiger partial charge in [0.15, 0.2) is 0 Å². The lowest BCUT2D eigenvalue weighted by atomic mass is 9.81. The molecule has 0 fully saturated rings. The van der Waals surface area contributed by atoms with Crippen LogP contribution in [0.1, 0.15) is 83.3 Å². The van der Waals surface area contributed by atoms with Crippen molar-refractivity contribution in [2.75, 3.05) is 9.80 Å². The van der Waals surface area contributed by atoms with Crippen molar-refractivity contribution in [1.82, 2.24) is 0 Å². The number of anilines is 6. The summed E-state index contributed by atoms with van der Waals surface area (Å²) in [5, 5.41) is 0. The molecule has 0 saturated carbocycles. The van der Waals surface area contributed by atoms with Crippen LogP contribution in [0.15, 0.2) is 254 Å². The van der Waals surface area contributed by atoms with Crippen LogP contribution < -0.4 is 9.80 Å². The predicted molar refractivity (Wildman–Crippen MR) is 344 cm³/mol. The van der Waals surface area contributed by atoms with Gasteiger partial charge in [-0.05, 0) is 151 Å². The fourth-order valence-corrected chi connectivity index (χ4v) is 13.0. The Hall–Kier alpha value is -9.02. The Labute approximate surface area is 469 Å². The van der Waals surface area contributed by atoms with Crippen LogP contribution >= 0.6 is 0 Å². The summed E-state index contributed by atoms with van der Waals surface area (Å²) in [5.74, 6) is 0. The number of rotatable bonds is 14. The normalized spacial score (nSPS) is 13.9. The fraction of sp³-hybridized carbons (Fsp3) is 0.105. The largest absolute Gasteiger partial charge is 0.311 e. The summed E-state index contributed by atoms with van der Waals surface area (Å²) >= 11 is 0. The van der Waals surface area contributed by atoms with Gasteiger partial charge in [-0.2, -0.15) is 0 Å². The van der Waals surface area contributed by atoms with Crippen LogP contribution in [-0.4, -0.2) is 8.07 Å². The lowest BCUT2D eigenvalue weighted by Gasteiger charge is -2.25. The second-order valence-corrected chi connectivity index (χ2v) is 27.1. The molecule has 0 saturated heterocycles. The molecular weight excluding hydrogens is 969 g/mol. The van der Waals surface area contributed by atoms with Gasteiger partial charge in [-0.25, -0.2) is 0 Å². The van der Waals surface area contributed by atoms with E-state index >= 15 is 0 Å². The zero-order valence-electron chi connectivity index (χ0n) is 46.1. The second kappa shape index (κ2) is 21.1. The third-order valence-corrected chi connectivity index (χ3v) is 18.2. The molecule has 12 rings (SSSR count). The molecule has 10 aromatic rings. The van der Waals surface area contributed by atoms with Gasteiger partial charge in [-0.15, -0.1) is 0 Å². The molecule has 0 aliphatic heterocycles. The van der Waals surface area contributed by atoms with Crippen molar-refractivity contribution in [1.29, 1.82) is 0 Å². The van der Waals surface area contributed by atoms with Gasteiger partial charge in [0.05, 0.1) is 8.07 Å². The van der Waals surface area contributed by atoms with Gasteiger partial charge >= 0.3 is 0 Å². The molecule has 0 bridgehead atoms. The molecule has 10 aromatic carbocycles. The molecule has 0 atom stereocenters. The summed E-state index contributed by atoms with van der Waals surface area (Å²) in [5.41, 5.74) is 29.7. The summed E-state index contributed by atoms with van der Waals surface area (Å²) in [6, 6.07) is 88.0. The Morgan fingerprint density at radius 2 is 0.494 bits per heavy atom. The van der Waals surface area contributed by atoms with Crippen LogP contribution in [0.25, 0.3) is 58.7 Å². The van der Waals surface area contributed by atoms with Gasteiger partial charge in [0, 0.05) is 45.0 Å². The Morgan fingerprint density at radius 1 is 0.266 bits per heavy atom. The van der Waals surface area contributed by atoms with Crippen molar-refractivity contribution in [2.45, 2.75) is 51.6 Å². The van der Waals surface area contributed by atoms with E-state index in [1.165, 1.54) is 77.9 Å². The quantitative estimate of drug-likeness (QED) is 0.0791. The van der Waals surface area contributed by atoms with Crippen molar-refractivity contribution in [3.8, 4) is 22.3 Å². The van der Waals surface area contributed by atoms with E-state index < -0.39 is 8.07 Å². The molecule has 0 amide bonds. The molecule has 0 N–H and O–H groups in total. The van der Waals surface area contributed by atoms with E-state index in [1.807, 2.05) is 0 Å². The summed E-state index contributed by atoms with van der Waals surface area (Å²) in [4.78, 5) is 4.60. The van der Waals surface area contributed by atoms with Crippen LogP contribution in [0.3, 0.4) is 0 Å². The van der Waals surface area contributed by atoms with Crippen molar-refractivity contribution in [3.63, 3.8) is 0 Å². The SMILES string of the molecule is CC1(C)c2cc(/C=C/c3ccc(N(c4ccccc4)c4ccccc4)cc3)ccc2-c2ccc(/C=C/[Si](C)(C)/C=C/c3ccc4c(c3)C(C)(C)c3cc(/C=C/c5ccc(N(c6ccccc6)c6ccccc6)cc5)ccc3-4)cc21. The van der Waals surface area contributed by atoms with Gasteiger partial charge in [-0.3, -0.25) is 0 Å². The molecule has 0 spiro atoms. The van der Waals surface area contributed by atoms with E-state index in [-0.39, 0.29) is 10.8 Å². The number of nitrogens with zero attached hydrogens (tertiary/aromatic N) is 2. The number of hydrogen-bond acceptors (Lipinski definition) is 2. The lowest BCUT2D eigenvalue weighted by Crippen LogP contribution is -2.19. The highest BCUT2D eigenvalue weighted by Gasteiger charge is 2.37. The highest BCUT2D eigenvalue weighted by atomic mass is 28.3. The van der Waals surface area contributed by atoms with E-state index in [0.29, 0.717) is 0 Å². The number of para-hydroxylation sites is 4. The molecule has 0 heterocycles. The van der Waals surface area contributed by atoms with Crippen molar-refractivity contribution in [2.24, 2.45) is 0 Å². The monoisotopic (exact) mass is 1030 g/mol. The van der Waals surface area contributed by atoms with Gasteiger partial charge < -0.3 is 9.80 Å². The zero-order valence-corrected chi connectivity index (χ0v) is 47.1. The smallest absolute Gasteiger partial charge is 0.0954 e. The maximum Gasteiger partial charge on any atom is 0.0954 e. The lowest BCUT2D eigenvalue weighted by molar-refractivity contribution is 0.660. The molecule has 79 heavy (non-hydrogen) atoms. The van der Waals surface area contributed by atoms with Gasteiger partial charge in [0.2, 0.25) is 0 Å². The standard InChI is InChI=1S/C76H66N2Si/c1-75(2)71-51-57(29-27-55-31-39-65(40-32-55)77(61-19-11-7-12-20-61)62-21-13-8-14-22-62)35-43-67(71)69-45-37-59(53-73(69)75)47-49-79(5,6)50-48-60-38-46-70-68-44-36-58(52-72(68)76(3,4)74(70)54-60)30-28-56-33-41-66(42-34-56)78(63-23-15-9-16-24-63)64-25-17-10-18-26-64/h7-54H,1-6H3/b29-27+,30-28+,49-47+,50-48+.